The first-order valence-corrected chi connectivity index (χ1v) is 6.32. The van der Waals surface area contributed by atoms with Crippen LogP contribution >= 0.6 is 0 Å². The van der Waals surface area contributed by atoms with E-state index in [4.69, 9.17) is 4.99 Å². The van der Waals surface area contributed by atoms with E-state index in [0.717, 1.165) is 24.9 Å². The predicted octanol–water partition coefficient (Wildman–Crippen LogP) is 0.0373. The van der Waals surface area contributed by atoms with Crippen molar-refractivity contribution in [2.24, 2.45) is 4.99 Å². The number of nitrogens with zero attached hydrogens (tertiary/aromatic N) is 1. The Morgan fingerprint density at radius 1 is 1.18 bits per heavy atom. The van der Waals surface area contributed by atoms with E-state index in [1.807, 2.05) is 0 Å². The third-order valence-electron chi connectivity index (χ3n) is 3.87. The highest BCUT2D eigenvalue weighted by molar-refractivity contribution is 5.69. The molecule has 2 aliphatic heterocycles. The summed E-state index contributed by atoms with van der Waals surface area (Å²) in [5.74, 6) is 0. The minimum atomic E-state index is 0.487. The van der Waals surface area contributed by atoms with Gasteiger partial charge >= 0.3 is 0 Å². The van der Waals surface area contributed by atoms with Gasteiger partial charge in [-0.25, -0.2) is 4.99 Å². The molecule has 1 aliphatic carbocycles. The first-order valence-electron chi connectivity index (χ1n) is 6.32. The second-order valence-corrected chi connectivity index (χ2v) is 4.84. The summed E-state index contributed by atoms with van der Waals surface area (Å²) in [7, 11) is 0. The highest BCUT2D eigenvalue weighted by Gasteiger charge is 2.29. The molecule has 2 heterocycles. The van der Waals surface area contributed by atoms with Gasteiger partial charge in [0.05, 0.1) is 16.8 Å². The monoisotopic (exact) mass is 225 g/mol. The van der Waals surface area contributed by atoms with Crippen molar-refractivity contribution in [3.8, 4) is 0 Å². The molecule has 0 radical (unpaired) electrons. The molecule has 4 rings (SSSR count). The lowest BCUT2D eigenvalue weighted by atomic mass is 9.90. The van der Waals surface area contributed by atoms with Crippen LogP contribution < -0.4 is 21.2 Å². The zero-order valence-corrected chi connectivity index (χ0v) is 9.66. The first kappa shape index (κ1) is 9.42. The molecule has 17 heavy (non-hydrogen) atoms. The number of benzene rings is 1. The number of hydrogen-bond donors (Lipinski definition) is 2. The van der Waals surface area contributed by atoms with E-state index in [2.05, 4.69) is 34.9 Å². The number of fused-ring (bicyclic) bond motifs is 3. The Balaban J connectivity index is 2.00. The molecule has 1 saturated heterocycles. The van der Waals surface area contributed by atoms with Crippen LogP contribution in [-0.2, 0) is 0 Å². The van der Waals surface area contributed by atoms with Crippen molar-refractivity contribution >= 4 is 5.57 Å². The molecule has 3 nitrogen and oxygen atoms in total. The summed E-state index contributed by atoms with van der Waals surface area (Å²) >= 11 is 0. The maximum absolute atomic E-state index is 4.80. The average Bonchev–Trinajstić information content (AvgIpc) is 2.78. The van der Waals surface area contributed by atoms with Gasteiger partial charge in [-0.05, 0) is 24.5 Å². The number of para-hydroxylation sites is 1. The fraction of sp³-hybridized carbons (Fsp3) is 0.357. The van der Waals surface area contributed by atoms with Gasteiger partial charge in [0.2, 0.25) is 0 Å². The fourth-order valence-corrected chi connectivity index (χ4v) is 3.07. The maximum Gasteiger partial charge on any atom is 0.0881 e. The van der Waals surface area contributed by atoms with Crippen LogP contribution in [-0.4, -0.2) is 19.1 Å². The largest absolute Gasteiger partial charge is 0.384 e. The fourth-order valence-electron chi connectivity index (χ4n) is 3.07. The second kappa shape index (κ2) is 3.44. The number of hydrogen-bond acceptors (Lipinski definition) is 3. The van der Waals surface area contributed by atoms with Crippen LogP contribution in [0.1, 0.15) is 12.8 Å². The molecule has 0 spiro atoms. The molecule has 1 aromatic carbocycles. The minimum Gasteiger partial charge on any atom is -0.384 e. The van der Waals surface area contributed by atoms with E-state index in [9.17, 15) is 0 Å². The molecule has 2 N–H and O–H groups in total. The summed E-state index contributed by atoms with van der Waals surface area (Å²) in [6, 6.07) is 8.96. The Hall–Kier alpha value is -1.61. The smallest absolute Gasteiger partial charge is 0.0881 e. The topological polar surface area (TPSA) is 36.4 Å². The molecular formula is C14H15N3. The van der Waals surface area contributed by atoms with Gasteiger partial charge in [-0.1, -0.05) is 18.2 Å². The van der Waals surface area contributed by atoms with Crippen LogP contribution in [0.3, 0.4) is 0 Å². The van der Waals surface area contributed by atoms with Gasteiger partial charge in [-0.2, -0.15) is 0 Å². The molecule has 86 valence electrons. The molecule has 0 aromatic heterocycles. The highest BCUT2D eigenvalue weighted by atomic mass is 15.1. The number of nitrogens with one attached hydrogen (secondary N) is 2. The Bertz CT molecular complexity index is 627. The predicted molar refractivity (Wildman–Crippen MR) is 66.7 cm³/mol. The third kappa shape index (κ3) is 1.29. The summed E-state index contributed by atoms with van der Waals surface area (Å²) in [4.78, 5) is 4.80. The van der Waals surface area contributed by atoms with E-state index in [-0.39, 0.29) is 0 Å². The van der Waals surface area contributed by atoms with Crippen LogP contribution in [0, 0.1) is 0 Å². The van der Waals surface area contributed by atoms with E-state index < -0.39 is 0 Å². The van der Waals surface area contributed by atoms with Crippen LogP contribution in [0.25, 0.3) is 5.57 Å². The van der Waals surface area contributed by atoms with Crippen LogP contribution in [0.5, 0.6) is 0 Å². The Morgan fingerprint density at radius 2 is 2.12 bits per heavy atom. The normalized spacial score (nSPS) is 25.6. The molecule has 3 aliphatic rings. The average molecular weight is 225 g/mol. The molecule has 0 amide bonds. The summed E-state index contributed by atoms with van der Waals surface area (Å²) in [6.07, 6.45) is 2.32. The summed E-state index contributed by atoms with van der Waals surface area (Å²) in [6.45, 7) is 2.07. The van der Waals surface area contributed by atoms with Gasteiger partial charge in [-0.3, -0.25) is 0 Å². The molecule has 0 bridgehead atoms. The lowest BCUT2D eigenvalue weighted by Gasteiger charge is -2.33. The van der Waals surface area contributed by atoms with Gasteiger partial charge in [0, 0.05) is 24.4 Å². The number of piperazine rings is 1. The van der Waals surface area contributed by atoms with Gasteiger partial charge in [-0.15, -0.1) is 0 Å². The molecule has 1 fully saturated rings. The van der Waals surface area contributed by atoms with Crippen molar-refractivity contribution < 1.29 is 0 Å². The standard InChI is InChI=1S/C14H15N3/c1-2-4-11-9(3-1)10-5-6-12-14(13(10)17-11)16-8-7-15-12/h1-4,12,15-16H,5-8H2. The van der Waals surface area contributed by atoms with Crippen LogP contribution in [0.2, 0.25) is 0 Å². The summed E-state index contributed by atoms with van der Waals surface area (Å²) in [5.41, 5.74) is 3.95. The quantitative estimate of drug-likeness (QED) is 0.654. The van der Waals surface area contributed by atoms with Gasteiger partial charge in [0.15, 0.2) is 0 Å². The van der Waals surface area contributed by atoms with E-state index in [0.29, 0.717) is 6.04 Å². The molecule has 1 atom stereocenters. The van der Waals surface area contributed by atoms with Gasteiger partial charge < -0.3 is 10.6 Å². The Kier molecular flexibility index (Phi) is 1.91. The Morgan fingerprint density at radius 3 is 3.12 bits per heavy atom. The zero-order valence-electron chi connectivity index (χ0n) is 9.66. The minimum absolute atomic E-state index is 0.487. The van der Waals surface area contributed by atoms with Crippen molar-refractivity contribution in [3.05, 3.63) is 46.2 Å². The number of rotatable bonds is 0. The van der Waals surface area contributed by atoms with E-state index >= 15 is 0 Å². The number of allylic oxidation sites excluding steroid dienone is 1. The zero-order chi connectivity index (χ0) is 11.2. The van der Waals surface area contributed by atoms with E-state index in [1.54, 1.807) is 0 Å². The molecule has 3 heteroatoms. The lowest BCUT2D eigenvalue weighted by molar-refractivity contribution is 0.449. The van der Waals surface area contributed by atoms with E-state index in [1.165, 1.54) is 28.6 Å². The maximum atomic E-state index is 4.80. The van der Waals surface area contributed by atoms with Crippen molar-refractivity contribution in [2.45, 2.75) is 18.9 Å². The second-order valence-electron chi connectivity index (χ2n) is 4.84. The molecule has 0 saturated carbocycles. The van der Waals surface area contributed by atoms with Crippen molar-refractivity contribution in [1.82, 2.24) is 10.6 Å². The van der Waals surface area contributed by atoms with Gasteiger partial charge in [0.1, 0.15) is 0 Å². The summed E-state index contributed by atoms with van der Waals surface area (Å²) < 4.78 is 0. The van der Waals surface area contributed by atoms with Gasteiger partial charge in [0.25, 0.3) is 0 Å². The SMILES string of the molecule is c1ccc2c(c1)=NC1=C3NCCNC3CCC=21. The molecule has 1 aromatic rings. The summed E-state index contributed by atoms with van der Waals surface area (Å²) in [5, 5.41) is 9.57. The first-order chi connectivity index (χ1) is 8.43. The van der Waals surface area contributed by atoms with Crippen molar-refractivity contribution in [2.75, 3.05) is 13.1 Å². The highest BCUT2D eigenvalue weighted by Crippen LogP contribution is 2.31. The molecule has 1 unspecified atom stereocenters. The molecular weight excluding hydrogens is 210 g/mol. The van der Waals surface area contributed by atoms with Crippen LogP contribution in [0.15, 0.2) is 40.7 Å². The Labute approximate surface area is 99.9 Å². The van der Waals surface area contributed by atoms with Crippen LogP contribution in [0.4, 0.5) is 0 Å². The lowest BCUT2D eigenvalue weighted by Crippen LogP contribution is -2.48. The van der Waals surface area contributed by atoms with Crippen molar-refractivity contribution in [3.63, 3.8) is 0 Å². The van der Waals surface area contributed by atoms with Crippen molar-refractivity contribution in [1.29, 1.82) is 0 Å². The third-order valence-corrected chi connectivity index (χ3v) is 3.87.